The Bertz CT molecular complexity index is 772. The normalized spacial score (nSPS) is 24.5. The van der Waals surface area contributed by atoms with Gasteiger partial charge in [-0.2, -0.15) is 0 Å². The molecule has 0 saturated carbocycles. The lowest BCUT2D eigenvalue weighted by Gasteiger charge is -2.39. The van der Waals surface area contributed by atoms with Crippen LogP contribution in [0.1, 0.15) is 104 Å². The van der Waals surface area contributed by atoms with Gasteiger partial charge in [0.2, 0.25) is 5.91 Å². The highest BCUT2D eigenvalue weighted by molar-refractivity contribution is 7.79. The topological polar surface area (TPSA) is 195 Å². The minimum absolute atomic E-state index is 0.0584. The van der Waals surface area contributed by atoms with Gasteiger partial charge in [-0.25, -0.2) is 4.21 Å². The van der Waals surface area contributed by atoms with Crippen molar-refractivity contribution in [2.24, 2.45) is 0 Å². The Morgan fingerprint density at radius 3 is 2.19 bits per heavy atom. The number of rotatable bonds is 25. The summed E-state index contributed by atoms with van der Waals surface area (Å²) in [6.45, 7) is 3.07. The van der Waals surface area contributed by atoms with E-state index in [1.165, 1.54) is 6.92 Å². The van der Waals surface area contributed by atoms with Gasteiger partial charge in [0.25, 0.3) is 0 Å². The van der Waals surface area contributed by atoms with E-state index in [1.807, 2.05) is 6.92 Å². The molecule has 1 amide bonds. The lowest BCUT2D eigenvalue weighted by molar-refractivity contribution is -0.320. The standard InChI is InChI=1S/C30H57NO11S/c1-22(40-29(37)28(23(2)33)42-30-25(35)20-24(34)26(21-32)41-30)16-14-12-10-8-6-4-3-5-7-9-11-13-15-17-27(36)31-18-19-43(38)39/h3-4,22-26,28-30,32-35,37H,5-21H2,1-2H3,(H,31,36)(H,38,39)/b4-3-. The van der Waals surface area contributed by atoms with Crippen molar-refractivity contribution in [2.45, 2.75) is 153 Å². The average Bonchev–Trinajstić information content (AvgIpc) is 2.94. The van der Waals surface area contributed by atoms with Gasteiger partial charge < -0.3 is 49.6 Å². The van der Waals surface area contributed by atoms with E-state index in [0.29, 0.717) is 6.42 Å². The van der Waals surface area contributed by atoms with Gasteiger partial charge in [-0.3, -0.25) is 4.79 Å². The van der Waals surface area contributed by atoms with E-state index in [1.54, 1.807) is 0 Å². The summed E-state index contributed by atoms with van der Waals surface area (Å²) in [4.78, 5) is 11.6. The lowest BCUT2D eigenvalue weighted by Crippen LogP contribution is -2.53. The predicted molar refractivity (Wildman–Crippen MR) is 163 cm³/mol. The second-order valence-electron chi connectivity index (χ2n) is 11.4. The molecule has 7 N–H and O–H groups in total. The summed E-state index contributed by atoms with van der Waals surface area (Å²) in [7, 11) is 0. The molecule has 1 heterocycles. The third kappa shape index (κ3) is 19.2. The monoisotopic (exact) mass is 639 g/mol. The summed E-state index contributed by atoms with van der Waals surface area (Å²) in [5.41, 5.74) is 0. The molecule has 9 unspecified atom stereocenters. The van der Waals surface area contributed by atoms with Crippen LogP contribution in [0.5, 0.6) is 0 Å². The third-order valence-electron chi connectivity index (χ3n) is 7.41. The summed E-state index contributed by atoms with van der Waals surface area (Å²) in [5.74, 6) is 0.00815. The Hall–Kier alpha value is -1.00. The number of aliphatic hydroxyl groups excluding tert-OH is 5. The Morgan fingerprint density at radius 2 is 1.58 bits per heavy atom. The maximum Gasteiger partial charge on any atom is 0.220 e. The molecule has 0 bridgehead atoms. The highest BCUT2D eigenvalue weighted by Gasteiger charge is 2.40. The molecule has 0 aromatic carbocycles. The molecule has 0 aromatic heterocycles. The van der Waals surface area contributed by atoms with Gasteiger partial charge in [0.1, 0.15) is 18.3 Å². The van der Waals surface area contributed by atoms with Gasteiger partial charge in [0.15, 0.2) is 23.7 Å². The van der Waals surface area contributed by atoms with Gasteiger partial charge in [-0.1, -0.05) is 50.7 Å². The van der Waals surface area contributed by atoms with Crippen molar-refractivity contribution in [3.8, 4) is 0 Å². The summed E-state index contributed by atoms with van der Waals surface area (Å²) in [6, 6.07) is 0. The van der Waals surface area contributed by atoms with Gasteiger partial charge in [-0.15, -0.1) is 0 Å². The minimum atomic E-state index is -1.87. The van der Waals surface area contributed by atoms with Crippen molar-refractivity contribution < 1.29 is 53.3 Å². The van der Waals surface area contributed by atoms with Crippen LogP contribution in [0.15, 0.2) is 12.2 Å². The number of carbonyl (C=O) groups is 1. The number of amides is 1. The zero-order valence-corrected chi connectivity index (χ0v) is 26.7. The predicted octanol–water partition coefficient (Wildman–Crippen LogP) is 2.27. The Balaban J connectivity index is 2.07. The SMILES string of the molecule is CC(CCCCCC/C=C\CCCCCCCC(=O)NCCS(=O)O)OC(O)C(OC1OC(CO)C(O)CC1O)C(C)O. The summed E-state index contributed by atoms with van der Waals surface area (Å²) >= 11 is -1.87. The van der Waals surface area contributed by atoms with Crippen molar-refractivity contribution in [1.29, 1.82) is 0 Å². The summed E-state index contributed by atoms with van der Waals surface area (Å²) < 4.78 is 35.9. The Kier molecular flexibility index (Phi) is 22.6. The Labute approximate surface area is 259 Å². The first-order valence-corrected chi connectivity index (χ1v) is 17.1. The van der Waals surface area contributed by atoms with Gasteiger partial charge >= 0.3 is 0 Å². The molecule has 0 radical (unpaired) electrons. The van der Waals surface area contributed by atoms with Crippen LogP contribution >= 0.6 is 0 Å². The van der Waals surface area contributed by atoms with Crippen LogP contribution in [-0.4, -0.2) is 108 Å². The summed E-state index contributed by atoms with van der Waals surface area (Å²) in [6.07, 6.45) is 8.74. The first-order valence-electron chi connectivity index (χ1n) is 15.8. The second kappa shape index (κ2) is 24.3. The van der Waals surface area contributed by atoms with E-state index in [2.05, 4.69) is 17.5 Å². The van der Waals surface area contributed by atoms with E-state index in [4.69, 9.17) is 18.8 Å². The fraction of sp³-hybridized carbons (Fsp3) is 0.900. The molecular formula is C30H57NO11S. The van der Waals surface area contributed by atoms with Crippen molar-refractivity contribution in [2.75, 3.05) is 18.9 Å². The third-order valence-corrected chi connectivity index (χ3v) is 7.96. The molecule has 0 spiro atoms. The van der Waals surface area contributed by atoms with E-state index in [0.717, 1.165) is 77.0 Å². The zero-order chi connectivity index (χ0) is 32.0. The molecule has 1 fully saturated rings. The first-order chi connectivity index (χ1) is 20.5. The van der Waals surface area contributed by atoms with Crippen LogP contribution in [0.4, 0.5) is 0 Å². The number of hydrogen-bond donors (Lipinski definition) is 7. The number of ether oxygens (including phenoxy) is 3. The number of carbonyl (C=O) groups excluding carboxylic acids is 1. The highest BCUT2D eigenvalue weighted by Crippen LogP contribution is 2.24. The molecule has 1 aliphatic rings. The molecule has 9 atom stereocenters. The largest absolute Gasteiger partial charge is 0.394 e. The van der Waals surface area contributed by atoms with Crippen LogP contribution in [0.3, 0.4) is 0 Å². The van der Waals surface area contributed by atoms with Gasteiger partial charge in [0.05, 0.1) is 30.7 Å². The number of aliphatic hydroxyl groups is 5. The van der Waals surface area contributed by atoms with Crippen LogP contribution < -0.4 is 5.32 Å². The maximum atomic E-state index is 11.6. The molecule has 12 nitrogen and oxygen atoms in total. The van der Waals surface area contributed by atoms with Crippen molar-refractivity contribution in [3.05, 3.63) is 12.2 Å². The fourth-order valence-corrected chi connectivity index (χ4v) is 5.11. The quantitative estimate of drug-likeness (QED) is 0.0335. The number of nitrogens with one attached hydrogen (secondary N) is 1. The van der Waals surface area contributed by atoms with Crippen LogP contribution in [0.2, 0.25) is 0 Å². The molecule has 254 valence electrons. The van der Waals surface area contributed by atoms with Crippen LogP contribution in [-0.2, 0) is 30.1 Å². The second-order valence-corrected chi connectivity index (χ2v) is 12.5. The highest BCUT2D eigenvalue weighted by atomic mass is 32.2. The van der Waals surface area contributed by atoms with Gasteiger partial charge in [-0.05, 0) is 52.4 Å². The van der Waals surface area contributed by atoms with Crippen LogP contribution in [0.25, 0.3) is 0 Å². The van der Waals surface area contributed by atoms with Gasteiger partial charge in [0, 0.05) is 19.4 Å². The molecule has 13 heteroatoms. The molecular weight excluding hydrogens is 582 g/mol. The number of allylic oxidation sites excluding steroid dienone is 2. The first kappa shape index (κ1) is 40.0. The number of hydrogen-bond acceptors (Lipinski definition) is 10. The van der Waals surface area contributed by atoms with Crippen molar-refractivity contribution in [1.82, 2.24) is 5.32 Å². The maximum absolute atomic E-state index is 11.6. The van der Waals surface area contributed by atoms with Crippen LogP contribution in [0, 0.1) is 0 Å². The average molecular weight is 640 g/mol. The molecule has 1 aliphatic heterocycles. The summed E-state index contributed by atoms with van der Waals surface area (Å²) in [5, 5.41) is 52.6. The minimum Gasteiger partial charge on any atom is -0.394 e. The van der Waals surface area contributed by atoms with E-state index >= 15 is 0 Å². The Morgan fingerprint density at radius 1 is 0.977 bits per heavy atom. The lowest BCUT2D eigenvalue weighted by atomic mass is 10.0. The molecule has 0 aliphatic carbocycles. The molecule has 43 heavy (non-hydrogen) atoms. The number of unbranched alkanes of at least 4 members (excludes halogenated alkanes) is 9. The smallest absolute Gasteiger partial charge is 0.220 e. The van der Waals surface area contributed by atoms with E-state index in [9.17, 15) is 34.5 Å². The fourth-order valence-electron chi connectivity index (χ4n) is 4.84. The van der Waals surface area contributed by atoms with Crippen molar-refractivity contribution >= 4 is 17.0 Å². The van der Waals surface area contributed by atoms with E-state index in [-0.39, 0.29) is 30.7 Å². The zero-order valence-electron chi connectivity index (χ0n) is 25.9. The van der Waals surface area contributed by atoms with E-state index < -0.39 is 60.8 Å². The molecule has 1 saturated heterocycles. The molecule has 1 rings (SSSR count). The molecule has 0 aromatic rings. The van der Waals surface area contributed by atoms with Crippen molar-refractivity contribution in [3.63, 3.8) is 0 Å².